The minimum Gasteiger partial charge on any atom is -0.504 e. The first-order chi connectivity index (χ1) is 11.5. The van der Waals surface area contributed by atoms with Crippen LogP contribution in [0.5, 0.6) is 17.2 Å². The average Bonchev–Trinajstić information content (AvgIpc) is 2.55. The molecule has 0 radical (unpaired) electrons. The third-order valence-electron chi connectivity index (χ3n) is 3.88. The average molecular weight is 330 g/mol. The fourth-order valence-electron chi connectivity index (χ4n) is 2.66. The highest BCUT2D eigenvalue weighted by molar-refractivity contribution is 5.76. The maximum Gasteiger partial charge on any atom is 0.311 e. The summed E-state index contributed by atoms with van der Waals surface area (Å²) in [5.41, 5.74) is 2.39. The number of aryl methyl sites for hydroxylation is 1. The molecule has 2 N–H and O–H groups in total. The minimum absolute atomic E-state index is 0.0489. The van der Waals surface area contributed by atoms with E-state index in [1.165, 1.54) is 6.07 Å². The van der Waals surface area contributed by atoms with Crippen LogP contribution in [0.25, 0.3) is 0 Å². The van der Waals surface area contributed by atoms with Crippen molar-refractivity contribution in [2.45, 2.75) is 26.2 Å². The summed E-state index contributed by atoms with van der Waals surface area (Å²) in [6, 6.07) is 10.3. The first kappa shape index (κ1) is 17.7. The zero-order valence-corrected chi connectivity index (χ0v) is 14.1. The summed E-state index contributed by atoms with van der Waals surface area (Å²) in [4.78, 5) is 11.7. The van der Waals surface area contributed by atoms with Crippen LogP contribution < -0.4 is 9.47 Å². The SMILES string of the molecule is CCOc1cc(CC(C(=O)O)c2ccc(OC)c(C)c2)ccc1O. The second kappa shape index (κ2) is 7.73. The molecule has 0 saturated carbocycles. The molecule has 0 amide bonds. The number of carboxylic acids is 1. The molecule has 0 aliphatic heterocycles. The summed E-state index contributed by atoms with van der Waals surface area (Å²) < 4.78 is 10.6. The van der Waals surface area contributed by atoms with E-state index in [0.717, 1.165) is 16.9 Å². The van der Waals surface area contributed by atoms with Gasteiger partial charge in [0.25, 0.3) is 0 Å². The van der Waals surface area contributed by atoms with Crippen molar-refractivity contribution in [2.24, 2.45) is 0 Å². The number of aromatic hydroxyl groups is 1. The van der Waals surface area contributed by atoms with Crippen molar-refractivity contribution < 1.29 is 24.5 Å². The Morgan fingerprint density at radius 1 is 1.17 bits per heavy atom. The number of rotatable bonds is 7. The molecule has 0 aliphatic carbocycles. The van der Waals surface area contributed by atoms with Crippen LogP contribution in [0.4, 0.5) is 0 Å². The topological polar surface area (TPSA) is 76.0 Å². The van der Waals surface area contributed by atoms with Crippen LogP contribution in [-0.2, 0) is 11.2 Å². The van der Waals surface area contributed by atoms with Gasteiger partial charge in [-0.1, -0.05) is 18.2 Å². The van der Waals surface area contributed by atoms with Gasteiger partial charge >= 0.3 is 5.97 Å². The molecule has 0 fully saturated rings. The Labute approximate surface area is 141 Å². The quantitative estimate of drug-likeness (QED) is 0.812. The second-order valence-corrected chi connectivity index (χ2v) is 5.56. The summed E-state index contributed by atoms with van der Waals surface area (Å²) >= 11 is 0. The molecule has 0 bridgehead atoms. The van der Waals surface area contributed by atoms with E-state index in [9.17, 15) is 15.0 Å². The summed E-state index contributed by atoms with van der Waals surface area (Å²) in [7, 11) is 1.59. The molecule has 0 aromatic heterocycles. The number of carbonyl (C=O) groups is 1. The van der Waals surface area contributed by atoms with Crippen LogP contribution in [0.3, 0.4) is 0 Å². The Morgan fingerprint density at radius 2 is 1.92 bits per heavy atom. The summed E-state index contributed by atoms with van der Waals surface area (Å²) in [6.45, 7) is 4.14. The van der Waals surface area contributed by atoms with Gasteiger partial charge in [0, 0.05) is 0 Å². The van der Waals surface area contributed by atoms with Gasteiger partial charge in [0.1, 0.15) is 5.75 Å². The van der Waals surface area contributed by atoms with E-state index in [0.29, 0.717) is 24.3 Å². The molecule has 0 aliphatic rings. The lowest BCUT2D eigenvalue weighted by molar-refractivity contribution is -0.138. The van der Waals surface area contributed by atoms with Crippen molar-refractivity contribution in [3.63, 3.8) is 0 Å². The van der Waals surface area contributed by atoms with E-state index in [-0.39, 0.29) is 5.75 Å². The van der Waals surface area contributed by atoms with E-state index in [1.807, 2.05) is 19.9 Å². The number of hydrogen-bond acceptors (Lipinski definition) is 4. The maximum absolute atomic E-state index is 11.7. The number of phenolic OH excluding ortho intramolecular Hbond substituents is 1. The van der Waals surface area contributed by atoms with Gasteiger partial charge in [-0.15, -0.1) is 0 Å². The van der Waals surface area contributed by atoms with Crippen molar-refractivity contribution in [3.8, 4) is 17.2 Å². The fourth-order valence-corrected chi connectivity index (χ4v) is 2.66. The highest BCUT2D eigenvalue weighted by Gasteiger charge is 2.22. The van der Waals surface area contributed by atoms with Gasteiger partial charge in [-0.2, -0.15) is 0 Å². The molecule has 1 atom stereocenters. The number of carboxylic acid groups (broad SMARTS) is 1. The monoisotopic (exact) mass is 330 g/mol. The van der Waals surface area contributed by atoms with E-state index < -0.39 is 11.9 Å². The molecule has 128 valence electrons. The normalized spacial score (nSPS) is 11.8. The molecule has 2 aromatic carbocycles. The largest absolute Gasteiger partial charge is 0.504 e. The second-order valence-electron chi connectivity index (χ2n) is 5.56. The molecular formula is C19H22O5. The van der Waals surface area contributed by atoms with Gasteiger partial charge in [-0.25, -0.2) is 0 Å². The van der Waals surface area contributed by atoms with Gasteiger partial charge in [0.15, 0.2) is 11.5 Å². The zero-order chi connectivity index (χ0) is 17.7. The van der Waals surface area contributed by atoms with Crippen molar-refractivity contribution in [1.82, 2.24) is 0 Å². The predicted molar refractivity (Wildman–Crippen MR) is 91.1 cm³/mol. The first-order valence-corrected chi connectivity index (χ1v) is 7.78. The number of benzene rings is 2. The zero-order valence-electron chi connectivity index (χ0n) is 14.1. The number of methoxy groups -OCH3 is 1. The van der Waals surface area contributed by atoms with Gasteiger partial charge in [0.2, 0.25) is 0 Å². The van der Waals surface area contributed by atoms with Crippen LogP contribution >= 0.6 is 0 Å². The van der Waals surface area contributed by atoms with Crippen molar-refractivity contribution in [2.75, 3.05) is 13.7 Å². The summed E-state index contributed by atoms with van der Waals surface area (Å²) in [6.07, 6.45) is 0.307. The molecule has 2 rings (SSSR count). The van der Waals surface area contributed by atoms with Crippen LogP contribution in [0.2, 0.25) is 0 Å². The lowest BCUT2D eigenvalue weighted by atomic mass is 9.91. The predicted octanol–water partition coefficient (Wildman–Crippen LogP) is 3.52. The third-order valence-corrected chi connectivity index (χ3v) is 3.88. The molecule has 2 aromatic rings. The van der Waals surface area contributed by atoms with Gasteiger partial charge in [0.05, 0.1) is 19.6 Å². The van der Waals surface area contributed by atoms with Gasteiger partial charge in [-0.05, 0) is 55.2 Å². The number of aliphatic carboxylic acids is 1. The molecule has 0 saturated heterocycles. The molecule has 5 nitrogen and oxygen atoms in total. The van der Waals surface area contributed by atoms with Crippen LogP contribution in [-0.4, -0.2) is 29.9 Å². The molecule has 5 heteroatoms. The Balaban J connectivity index is 2.31. The minimum atomic E-state index is -0.898. The Hall–Kier alpha value is -2.69. The summed E-state index contributed by atoms with van der Waals surface area (Å²) in [5, 5.41) is 19.4. The maximum atomic E-state index is 11.7. The molecule has 1 unspecified atom stereocenters. The molecule has 24 heavy (non-hydrogen) atoms. The van der Waals surface area contributed by atoms with Crippen LogP contribution in [0.1, 0.15) is 29.5 Å². The summed E-state index contributed by atoms with van der Waals surface area (Å²) in [5.74, 6) is -0.441. The standard InChI is InChI=1S/C19H22O5/c1-4-24-18-11-13(5-7-16(18)20)10-15(19(21)22)14-6-8-17(23-3)12(2)9-14/h5-9,11,15,20H,4,10H2,1-3H3,(H,21,22). The third kappa shape index (κ3) is 3.98. The first-order valence-electron chi connectivity index (χ1n) is 7.78. The van der Waals surface area contributed by atoms with Gasteiger partial charge in [-0.3, -0.25) is 4.79 Å². The van der Waals surface area contributed by atoms with Crippen molar-refractivity contribution in [3.05, 3.63) is 53.1 Å². The molecular weight excluding hydrogens is 308 g/mol. The Morgan fingerprint density at radius 3 is 2.50 bits per heavy atom. The van der Waals surface area contributed by atoms with Crippen LogP contribution in [0, 0.1) is 6.92 Å². The van der Waals surface area contributed by atoms with Crippen molar-refractivity contribution in [1.29, 1.82) is 0 Å². The Bertz CT molecular complexity index is 724. The van der Waals surface area contributed by atoms with E-state index in [1.54, 1.807) is 31.4 Å². The fraction of sp³-hybridized carbons (Fsp3) is 0.316. The number of hydrogen-bond donors (Lipinski definition) is 2. The van der Waals surface area contributed by atoms with E-state index >= 15 is 0 Å². The molecule has 0 spiro atoms. The molecule has 0 heterocycles. The number of phenols is 1. The highest BCUT2D eigenvalue weighted by atomic mass is 16.5. The van der Waals surface area contributed by atoms with Gasteiger partial charge < -0.3 is 19.7 Å². The van der Waals surface area contributed by atoms with E-state index in [2.05, 4.69) is 0 Å². The van der Waals surface area contributed by atoms with Crippen molar-refractivity contribution >= 4 is 5.97 Å². The lowest BCUT2D eigenvalue weighted by Gasteiger charge is -2.16. The van der Waals surface area contributed by atoms with E-state index in [4.69, 9.17) is 9.47 Å². The Kier molecular flexibility index (Phi) is 5.68. The number of ether oxygens (including phenoxy) is 2. The smallest absolute Gasteiger partial charge is 0.311 e. The highest BCUT2D eigenvalue weighted by Crippen LogP contribution is 2.31. The lowest BCUT2D eigenvalue weighted by Crippen LogP contribution is -2.15. The van der Waals surface area contributed by atoms with Crippen LogP contribution in [0.15, 0.2) is 36.4 Å².